The molecule has 2 amide bonds. The Balaban J connectivity index is 1.83. The number of carbonyl (C=O) groups is 1. The highest BCUT2D eigenvalue weighted by Gasteiger charge is 2.54. The van der Waals surface area contributed by atoms with E-state index in [4.69, 9.17) is 16.3 Å². The summed E-state index contributed by atoms with van der Waals surface area (Å²) >= 11 is 6.29. The molecule has 0 unspecified atom stereocenters. The number of benzene rings is 2. The zero-order chi connectivity index (χ0) is 18.5. The molecular formula is C18H17ClN2O4S. The molecule has 0 aromatic heterocycles. The van der Waals surface area contributed by atoms with Gasteiger partial charge in [-0.3, -0.25) is 9.80 Å². The van der Waals surface area contributed by atoms with E-state index < -0.39 is 21.9 Å². The lowest BCUT2D eigenvalue weighted by Gasteiger charge is -2.23. The van der Waals surface area contributed by atoms with Gasteiger partial charge in [0.1, 0.15) is 5.75 Å². The summed E-state index contributed by atoms with van der Waals surface area (Å²) in [4.78, 5) is 16.3. The van der Waals surface area contributed by atoms with Crippen LogP contribution in [0.2, 0.25) is 5.02 Å². The van der Waals surface area contributed by atoms with Crippen molar-refractivity contribution in [3.63, 3.8) is 0 Å². The Labute approximate surface area is 156 Å². The van der Waals surface area contributed by atoms with Gasteiger partial charge in [0.15, 0.2) is 9.84 Å². The van der Waals surface area contributed by atoms with Crippen molar-refractivity contribution < 1.29 is 17.9 Å². The van der Waals surface area contributed by atoms with Crippen LogP contribution in [0.5, 0.6) is 5.75 Å². The SMILES string of the molecule is COc1cccc(N2C(=O)N(c3ccccc3Cl)[C@H]3CS(=O)(=O)C[C@H]32)c1. The summed E-state index contributed by atoms with van der Waals surface area (Å²) in [6.07, 6.45) is 0. The van der Waals surface area contributed by atoms with Crippen LogP contribution >= 0.6 is 11.6 Å². The van der Waals surface area contributed by atoms with Crippen LogP contribution in [0, 0.1) is 0 Å². The molecule has 2 aromatic carbocycles. The molecule has 2 aliphatic rings. The molecule has 2 saturated heterocycles. The van der Waals surface area contributed by atoms with E-state index in [-0.39, 0.29) is 17.5 Å². The van der Waals surface area contributed by atoms with E-state index in [0.29, 0.717) is 22.1 Å². The predicted octanol–water partition coefficient (Wildman–Crippen LogP) is 2.96. The fourth-order valence-corrected chi connectivity index (χ4v) is 5.84. The maximum Gasteiger partial charge on any atom is 0.329 e. The molecule has 0 saturated carbocycles. The van der Waals surface area contributed by atoms with Crippen molar-refractivity contribution in [2.75, 3.05) is 28.4 Å². The van der Waals surface area contributed by atoms with Gasteiger partial charge in [0, 0.05) is 11.8 Å². The van der Waals surface area contributed by atoms with Crippen LogP contribution in [0.25, 0.3) is 0 Å². The Morgan fingerprint density at radius 2 is 1.73 bits per heavy atom. The first-order valence-electron chi connectivity index (χ1n) is 8.13. The number of halogens is 1. The lowest BCUT2D eigenvalue weighted by Crippen LogP contribution is -2.38. The fraction of sp³-hybridized carbons (Fsp3) is 0.278. The van der Waals surface area contributed by atoms with Crippen molar-refractivity contribution in [1.29, 1.82) is 0 Å². The number of ether oxygens (including phenoxy) is 1. The third-order valence-electron chi connectivity index (χ3n) is 4.81. The van der Waals surface area contributed by atoms with Crippen LogP contribution in [0.1, 0.15) is 0 Å². The fourth-order valence-electron chi connectivity index (χ4n) is 3.69. The van der Waals surface area contributed by atoms with Crippen molar-refractivity contribution in [3.05, 3.63) is 53.6 Å². The third kappa shape index (κ3) is 2.71. The standard InChI is InChI=1S/C18H17ClN2O4S/c1-25-13-6-4-5-12(9-13)20-16-10-26(23,24)11-17(16)21(18(20)22)15-8-3-2-7-14(15)19/h2-9,16-17H,10-11H2,1H3/t16-,17+/m1/s1. The van der Waals surface area contributed by atoms with Gasteiger partial charge in [0.2, 0.25) is 0 Å². The second kappa shape index (κ2) is 6.17. The Morgan fingerprint density at radius 3 is 2.42 bits per heavy atom. The largest absolute Gasteiger partial charge is 0.497 e. The smallest absolute Gasteiger partial charge is 0.329 e. The maximum atomic E-state index is 13.2. The van der Waals surface area contributed by atoms with E-state index in [1.165, 1.54) is 4.90 Å². The van der Waals surface area contributed by atoms with Crippen molar-refractivity contribution in [3.8, 4) is 5.75 Å². The number of para-hydroxylation sites is 1. The highest BCUT2D eigenvalue weighted by molar-refractivity contribution is 7.91. The van der Waals surface area contributed by atoms with Crippen LogP contribution in [-0.2, 0) is 9.84 Å². The van der Waals surface area contributed by atoms with E-state index in [1.807, 2.05) is 0 Å². The molecule has 6 nitrogen and oxygen atoms in total. The minimum Gasteiger partial charge on any atom is -0.497 e. The van der Waals surface area contributed by atoms with Gasteiger partial charge in [-0.05, 0) is 24.3 Å². The summed E-state index contributed by atoms with van der Waals surface area (Å²) < 4.78 is 29.8. The average molecular weight is 393 g/mol. The van der Waals surface area contributed by atoms with Gasteiger partial charge in [-0.15, -0.1) is 0 Å². The van der Waals surface area contributed by atoms with Gasteiger partial charge in [-0.1, -0.05) is 29.8 Å². The molecule has 2 heterocycles. The second-order valence-corrected chi connectivity index (χ2v) is 8.95. The first-order valence-corrected chi connectivity index (χ1v) is 10.3. The average Bonchev–Trinajstić information content (AvgIpc) is 3.04. The number of anilines is 2. The van der Waals surface area contributed by atoms with Gasteiger partial charge in [0.05, 0.1) is 41.4 Å². The number of methoxy groups -OCH3 is 1. The minimum atomic E-state index is -3.25. The van der Waals surface area contributed by atoms with Crippen LogP contribution in [0.15, 0.2) is 48.5 Å². The Bertz CT molecular complexity index is 979. The third-order valence-corrected chi connectivity index (χ3v) is 6.83. The highest BCUT2D eigenvalue weighted by atomic mass is 35.5. The number of rotatable bonds is 3. The van der Waals surface area contributed by atoms with Crippen molar-refractivity contribution in [1.82, 2.24) is 0 Å². The summed E-state index contributed by atoms with van der Waals surface area (Å²) in [5, 5.41) is 0.413. The summed E-state index contributed by atoms with van der Waals surface area (Å²) in [7, 11) is -1.70. The molecule has 2 aliphatic heterocycles. The molecule has 136 valence electrons. The normalized spacial score (nSPS) is 24.0. The van der Waals surface area contributed by atoms with Crippen LogP contribution in [0.3, 0.4) is 0 Å². The molecule has 0 radical (unpaired) electrons. The zero-order valence-corrected chi connectivity index (χ0v) is 15.6. The molecular weight excluding hydrogens is 376 g/mol. The number of hydrogen-bond donors (Lipinski definition) is 0. The van der Waals surface area contributed by atoms with Gasteiger partial charge in [0.25, 0.3) is 0 Å². The first kappa shape index (κ1) is 17.2. The topological polar surface area (TPSA) is 66.9 Å². The zero-order valence-electron chi connectivity index (χ0n) is 14.0. The van der Waals surface area contributed by atoms with E-state index in [1.54, 1.807) is 60.5 Å². The number of nitrogens with zero attached hydrogens (tertiary/aromatic N) is 2. The lowest BCUT2D eigenvalue weighted by molar-refractivity contribution is 0.255. The van der Waals surface area contributed by atoms with E-state index in [9.17, 15) is 13.2 Å². The first-order chi connectivity index (χ1) is 12.4. The van der Waals surface area contributed by atoms with Crippen LogP contribution < -0.4 is 14.5 Å². The molecule has 2 aromatic rings. The van der Waals surface area contributed by atoms with Gasteiger partial charge in [-0.25, -0.2) is 13.2 Å². The van der Waals surface area contributed by atoms with Gasteiger partial charge in [-0.2, -0.15) is 0 Å². The van der Waals surface area contributed by atoms with E-state index >= 15 is 0 Å². The molecule has 4 rings (SSSR count). The van der Waals surface area contributed by atoms with Crippen molar-refractivity contribution in [2.45, 2.75) is 12.1 Å². The Morgan fingerprint density at radius 1 is 1.04 bits per heavy atom. The number of amides is 2. The van der Waals surface area contributed by atoms with E-state index in [2.05, 4.69) is 0 Å². The Hall–Kier alpha value is -2.25. The number of sulfone groups is 1. The summed E-state index contributed by atoms with van der Waals surface area (Å²) in [5.74, 6) is 0.459. The van der Waals surface area contributed by atoms with Crippen molar-refractivity contribution >= 4 is 38.8 Å². The maximum absolute atomic E-state index is 13.2. The number of urea groups is 1. The molecule has 0 N–H and O–H groups in total. The molecule has 2 fully saturated rings. The molecule has 0 aliphatic carbocycles. The number of fused-ring (bicyclic) bond motifs is 1. The van der Waals surface area contributed by atoms with E-state index in [0.717, 1.165) is 0 Å². The number of hydrogen-bond acceptors (Lipinski definition) is 4. The summed E-state index contributed by atoms with van der Waals surface area (Å²) in [5.41, 5.74) is 1.13. The molecule has 2 atom stereocenters. The predicted molar refractivity (Wildman–Crippen MR) is 101 cm³/mol. The Kier molecular flexibility index (Phi) is 4.08. The minimum absolute atomic E-state index is 0.0679. The molecule has 0 spiro atoms. The lowest BCUT2D eigenvalue weighted by atomic mass is 10.1. The van der Waals surface area contributed by atoms with Crippen LogP contribution in [0.4, 0.5) is 16.2 Å². The van der Waals surface area contributed by atoms with Crippen molar-refractivity contribution in [2.24, 2.45) is 0 Å². The summed E-state index contributed by atoms with van der Waals surface area (Å²) in [6, 6.07) is 12.8. The van der Waals surface area contributed by atoms with Gasteiger partial charge >= 0.3 is 6.03 Å². The summed E-state index contributed by atoms with van der Waals surface area (Å²) in [6.45, 7) is 0. The quantitative estimate of drug-likeness (QED) is 0.753. The molecule has 8 heteroatoms. The monoisotopic (exact) mass is 392 g/mol. The highest BCUT2D eigenvalue weighted by Crippen LogP contribution is 2.40. The molecule has 26 heavy (non-hydrogen) atoms. The van der Waals surface area contributed by atoms with Gasteiger partial charge < -0.3 is 4.74 Å². The second-order valence-electron chi connectivity index (χ2n) is 6.39. The molecule has 0 bridgehead atoms. The van der Waals surface area contributed by atoms with Crippen LogP contribution in [-0.4, -0.2) is 45.1 Å². The number of carbonyl (C=O) groups excluding carboxylic acids is 1.